The molecule has 0 amide bonds. The predicted octanol–water partition coefficient (Wildman–Crippen LogP) is 2.27. The Hall–Kier alpha value is -1.55. The van der Waals surface area contributed by atoms with Gasteiger partial charge < -0.3 is 14.9 Å². The maximum absolute atomic E-state index is 11.4. The van der Waals surface area contributed by atoms with Crippen LogP contribution in [0, 0.1) is 5.92 Å². The van der Waals surface area contributed by atoms with E-state index in [-0.39, 0.29) is 0 Å². The molecule has 4 nitrogen and oxygen atoms in total. The monoisotopic (exact) mass is 252 g/mol. The zero-order valence-electron chi connectivity index (χ0n) is 11.2. The summed E-state index contributed by atoms with van der Waals surface area (Å²) in [6.45, 7) is 5.09. The molecule has 0 aliphatic carbocycles. The van der Waals surface area contributed by atoms with Gasteiger partial charge in [0.2, 0.25) is 0 Å². The van der Waals surface area contributed by atoms with Crippen LogP contribution in [0.4, 0.5) is 0 Å². The van der Waals surface area contributed by atoms with E-state index >= 15 is 0 Å². The van der Waals surface area contributed by atoms with E-state index in [2.05, 4.69) is 0 Å². The van der Waals surface area contributed by atoms with Crippen LogP contribution in [-0.4, -0.2) is 28.9 Å². The zero-order valence-corrected chi connectivity index (χ0v) is 11.2. The highest BCUT2D eigenvalue weighted by Gasteiger charge is 2.46. The highest BCUT2D eigenvalue weighted by atomic mass is 16.5. The van der Waals surface area contributed by atoms with Crippen LogP contribution in [0.15, 0.2) is 24.3 Å². The van der Waals surface area contributed by atoms with Gasteiger partial charge in [0.1, 0.15) is 5.75 Å². The molecule has 2 atom stereocenters. The minimum absolute atomic E-state index is 0.407. The van der Waals surface area contributed by atoms with Gasteiger partial charge in [-0.3, -0.25) is 0 Å². The first-order valence-electron chi connectivity index (χ1n) is 5.94. The third-order valence-electron chi connectivity index (χ3n) is 3.49. The highest BCUT2D eigenvalue weighted by Crippen LogP contribution is 2.38. The summed E-state index contributed by atoms with van der Waals surface area (Å²) in [5, 5.41) is 19.8. The number of benzene rings is 1. The molecule has 18 heavy (non-hydrogen) atoms. The molecule has 2 N–H and O–H groups in total. The average Bonchev–Trinajstić information content (AvgIpc) is 2.36. The summed E-state index contributed by atoms with van der Waals surface area (Å²) >= 11 is 0. The van der Waals surface area contributed by atoms with Crippen molar-refractivity contribution >= 4 is 5.97 Å². The van der Waals surface area contributed by atoms with E-state index < -0.39 is 23.4 Å². The fraction of sp³-hybridized carbons (Fsp3) is 0.500. The number of rotatable bonds is 5. The van der Waals surface area contributed by atoms with Crippen molar-refractivity contribution < 1.29 is 19.7 Å². The number of aliphatic carboxylic acids is 1. The minimum Gasteiger partial charge on any atom is -0.496 e. The Labute approximate surface area is 107 Å². The van der Waals surface area contributed by atoms with Gasteiger partial charge in [-0.15, -0.1) is 0 Å². The second-order valence-corrected chi connectivity index (χ2v) is 4.75. The van der Waals surface area contributed by atoms with E-state index in [0.717, 1.165) is 0 Å². The molecule has 1 aromatic rings. The lowest BCUT2D eigenvalue weighted by atomic mass is 9.76. The average molecular weight is 252 g/mol. The van der Waals surface area contributed by atoms with Gasteiger partial charge >= 0.3 is 5.97 Å². The molecular formula is C14H20O4. The molecule has 100 valence electrons. The summed E-state index contributed by atoms with van der Waals surface area (Å²) in [6, 6.07) is 7.15. The number of aliphatic hydroxyl groups is 1. The molecule has 0 spiro atoms. The van der Waals surface area contributed by atoms with Gasteiger partial charge in [0, 0.05) is 11.5 Å². The van der Waals surface area contributed by atoms with Crippen molar-refractivity contribution in [1.29, 1.82) is 0 Å². The molecule has 1 aromatic carbocycles. The molecule has 0 fully saturated rings. The van der Waals surface area contributed by atoms with Crippen LogP contribution in [-0.2, 0) is 4.79 Å². The summed E-state index contributed by atoms with van der Waals surface area (Å²) in [4.78, 5) is 11.4. The van der Waals surface area contributed by atoms with E-state index in [1.807, 2.05) is 6.07 Å². The molecule has 2 unspecified atom stereocenters. The lowest BCUT2D eigenvalue weighted by Gasteiger charge is -2.34. The third-order valence-corrected chi connectivity index (χ3v) is 3.49. The molecule has 1 rings (SSSR count). The van der Waals surface area contributed by atoms with E-state index in [1.165, 1.54) is 7.11 Å². The van der Waals surface area contributed by atoms with Crippen molar-refractivity contribution in [2.24, 2.45) is 5.92 Å². The number of methoxy groups -OCH3 is 1. The molecule has 0 aromatic heterocycles. The fourth-order valence-corrected chi connectivity index (χ4v) is 2.19. The van der Waals surface area contributed by atoms with Gasteiger partial charge in [0.05, 0.1) is 7.11 Å². The summed E-state index contributed by atoms with van der Waals surface area (Å²) in [5.41, 5.74) is -1.12. The number of carboxylic acid groups (broad SMARTS) is 1. The first-order valence-corrected chi connectivity index (χ1v) is 5.94. The zero-order chi connectivity index (χ0) is 13.9. The number of ether oxygens (including phenoxy) is 1. The second-order valence-electron chi connectivity index (χ2n) is 4.75. The summed E-state index contributed by atoms with van der Waals surface area (Å²) in [6.07, 6.45) is 0. The van der Waals surface area contributed by atoms with Crippen molar-refractivity contribution in [2.45, 2.75) is 32.3 Å². The number of hydrogen-bond acceptors (Lipinski definition) is 3. The van der Waals surface area contributed by atoms with Gasteiger partial charge in [-0.2, -0.15) is 0 Å². The van der Waals surface area contributed by atoms with E-state index in [0.29, 0.717) is 11.3 Å². The molecule has 4 heteroatoms. The van der Waals surface area contributed by atoms with Gasteiger partial charge in [-0.25, -0.2) is 4.79 Å². The Kier molecular flexibility index (Phi) is 4.35. The minimum atomic E-state index is -1.81. The predicted molar refractivity (Wildman–Crippen MR) is 68.8 cm³/mol. The molecule has 0 heterocycles. The number of hydrogen-bond donors (Lipinski definition) is 2. The smallest absolute Gasteiger partial charge is 0.336 e. The van der Waals surface area contributed by atoms with Crippen LogP contribution in [0.3, 0.4) is 0 Å². The number of para-hydroxylation sites is 1. The molecule has 0 bridgehead atoms. The molecule has 0 radical (unpaired) electrons. The lowest BCUT2D eigenvalue weighted by Crippen LogP contribution is -2.48. The van der Waals surface area contributed by atoms with Gasteiger partial charge in [0.15, 0.2) is 5.60 Å². The van der Waals surface area contributed by atoms with Crippen LogP contribution in [0.25, 0.3) is 0 Å². The Morgan fingerprint density at radius 1 is 1.28 bits per heavy atom. The quantitative estimate of drug-likeness (QED) is 0.843. The lowest BCUT2D eigenvalue weighted by molar-refractivity contribution is -0.166. The number of carbonyl (C=O) groups is 1. The Morgan fingerprint density at radius 3 is 2.28 bits per heavy atom. The second kappa shape index (κ2) is 5.40. The Bertz CT molecular complexity index is 428. The van der Waals surface area contributed by atoms with Crippen LogP contribution in [0.5, 0.6) is 5.75 Å². The Morgan fingerprint density at radius 2 is 1.83 bits per heavy atom. The molecular weight excluding hydrogens is 232 g/mol. The largest absolute Gasteiger partial charge is 0.496 e. The van der Waals surface area contributed by atoms with Crippen molar-refractivity contribution in [2.75, 3.05) is 7.11 Å². The standard InChI is InChI=1S/C14H20O4/c1-9(2)14(17,13(15)16)10(3)11-7-5-6-8-12(11)18-4/h5-10,17H,1-4H3,(H,15,16). The highest BCUT2D eigenvalue weighted by molar-refractivity contribution is 5.79. The van der Waals surface area contributed by atoms with E-state index in [9.17, 15) is 15.0 Å². The van der Waals surface area contributed by atoms with Crippen LogP contribution in [0.1, 0.15) is 32.3 Å². The van der Waals surface area contributed by atoms with Gasteiger partial charge in [-0.1, -0.05) is 39.0 Å². The third kappa shape index (κ3) is 2.34. The fourth-order valence-electron chi connectivity index (χ4n) is 2.19. The van der Waals surface area contributed by atoms with Gasteiger partial charge in [0.25, 0.3) is 0 Å². The van der Waals surface area contributed by atoms with Crippen molar-refractivity contribution in [1.82, 2.24) is 0 Å². The SMILES string of the molecule is COc1ccccc1C(C)C(O)(C(=O)O)C(C)C. The van der Waals surface area contributed by atoms with E-state index in [1.54, 1.807) is 39.0 Å². The molecule has 0 aliphatic rings. The Balaban J connectivity index is 3.26. The summed E-state index contributed by atoms with van der Waals surface area (Å²) in [7, 11) is 1.53. The summed E-state index contributed by atoms with van der Waals surface area (Å²) in [5.74, 6) is -1.60. The van der Waals surface area contributed by atoms with Crippen molar-refractivity contribution in [3.05, 3.63) is 29.8 Å². The van der Waals surface area contributed by atoms with Crippen LogP contribution < -0.4 is 4.74 Å². The molecule has 0 aliphatic heterocycles. The maximum atomic E-state index is 11.4. The number of carboxylic acids is 1. The van der Waals surface area contributed by atoms with Crippen LogP contribution in [0.2, 0.25) is 0 Å². The first kappa shape index (κ1) is 14.5. The topological polar surface area (TPSA) is 66.8 Å². The molecule has 0 saturated carbocycles. The molecule has 0 saturated heterocycles. The van der Waals surface area contributed by atoms with Crippen molar-refractivity contribution in [3.63, 3.8) is 0 Å². The summed E-state index contributed by atoms with van der Waals surface area (Å²) < 4.78 is 5.22. The normalized spacial score (nSPS) is 16.1. The maximum Gasteiger partial charge on any atom is 0.336 e. The van der Waals surface area contributed by atoms with Gasteiger partial charge in [-0.05, 0) is 12.0 Å². The van der Waals surface area contributed by atoms with Crippen molar-refractivity contribution in [3.8, 4) is 5.75 Å². The van der Waals surface area contributed by atoms with E-state index in [4.69, 9.17) is 4.74 Å². The van der Waals surface area contributed by atoms with Crippen LogP contribution >= 0.6 is 0 Å². The first-order chi connectivity index (χ1) is 8.35.